The van der Waals surface area contributed by atoms with E-state index in [4.69, 9.17) is 9.84 Å². The molecule has 0 bridgehead atoms. The maximum atomic E-state index is 12.4. The maximum absolute atomic E-state index is 12.4. The van der Waals surface area contributed by atoms with Crippen LogP contribution in [0.25, 0.3) is 11.1 Å². The number of nitrogens with one attached hydrogen (secondary N) is 1. The van der Waals surface area contributed by atoms with Crippen LogP contribution < -0.4 is 5.32 Å². The fourth-order valence-electron chi connectivity index (χ4n) is 2.76. The van der Waals surface area contributed by atoms with Gasteiger partial charge in [-0.2, -0.15) is 0 Å². The Morgan fingerprint density at radius 1 is 1.11 bits per heavy atom. The molecule has 0 fully saturated rings. The van der Waals surface area contributed by atoms with Crippen molar-refractivity contribution in [3.05, 3.63) is 39.8 Å². The van der Waals surface area contributed by atoms with Gasteiger partial charge in [0, 0.05) is 23.3 Å². The normalized spacial score (nSPS) is 10.5. The average molecular weight is 389 g/mol. The smallest absolute Gasteiger partial charge is 0.341 e. The standard InChI is InChI=1S/C20H23NO5S/c1-11-8-9-14(10-12(11)2)17-13(3)27-19(18(17)20(25)26-4)21-15(22)6-5-7-16(23)24/h8-10H,5-7H2,1-4H3,(H,21,22)(H,23,24). The molecular weight excluding hydrogens is 366 g/mol. The van der Waals surface area contributed by atoms with Gasteiger partial charge in [-0.1, -0.05) is 18.2 Å². The molecule has 2 aromatic rings. The molecule has 0 aliphatic heterocycles. The molecule has 2 rings (SSSR count). The molecule has 144 valence electrons. The number of thiophene rings is 1. The van der Waals surface area contributed by atoms with E-state index < -0.39 is 11.9 Å². The van der Waals surface area contributed by atoms with Crippen molar-refractivity contribution in [1.82, 2.24) is 0 Å². The average Bonchev–Trinajstić information content (AvgIpc) is 2.92. The van der Waals surface area contributed by atoms with Gasteiger partial charge in [-0.05, 0) is 43.9 Å². The van der Waals surface area contributed by atoms with Crippen LogP contribution in [0, 0.1) is 20.8 Å². The second kappa shape index (κ2) is 8.81. The van der Waals surface area contributed by atoms with Gasteiger partial charge in [0.1, 0.15) is 10.6 Å². The number of rotatable bonds is 7. The van der Waals surface area contributed by atoms with Gasteiger partial charge in [-0.15, -0.1) is 11.3 Å². The zero-order valence-corrected chi connectivity index (χ0v) is 16.7. The lowest BCUT2D eigenvalue weighted by Crippen LogP contribution is -2.14. The van der Waals surface area contributed by atoms with Gasteiger partial charge in [-0.3, -0.25) is 9.59 Å². The highest BCUT2D eigenvalue weighted by atomic mass is 32.1. The topological polar surface area (TPSA) is 92.7 Å². The number of esters is 1. The fraction of sp³-hybridized carbons (Fsp3) is 0.350. The Hall–Kier alpha value is -2.67. The number of carbonyl (C=O) groups is 3. The van der Waals surface area contributed by atoms with Crippen LogP contribution in [-0.2, 0) is 14.3 Å². The Bertz CT molecular complexity index is 885. The predicted molar refractivity (Wildman–Crippen MR) is 105 cm³/mol. The van der Waals surface area contributed by atoms with Crippen LogP contribution >= 0.6 is 11.3 Å². The maximum Gasteiger partial charge on any atom is 0.341 e. The van der Waals surface area contributed by atoms with E-state index in [1.807, 2.05) is 39.0 Å². The van der Waals surface area contributed by atoms with Crippen molar-refractivity contribution in [3.8, 4) is 11.1 Å². The van der Waals surface area contributed by atoms with Crippen molar-refractivity contribution in [2.75, 3.05) is 12.4 Å². The number of aliphatic carboxylic acids is 1. The third kappa shape index (κ3) is 4.95. The van der Waals surface area contributed by atoms with E-state index in [1.54, 1.807) is 0 Å². The van der Waals surface area contributed by atoms with E-state index in [1.165, 1.54) is 18.4 Å². The highest BCUT2D eigenvalue weighted by molar-refractivity contribution is 7.17. The van der Waals surface area contributed by atoms with Crippen molar-refractivity contribution in [1.29, 1.82) is 0 Å². The Labute approximate surface area is 162 Å². The molecule has 1 amide bonds. The molecule has 6 nitrogen and oxygen atoms in total. The monoisotopic (exact) mass is 389 g/mol. The summed E-state index contributed by atoms with van der Waals surface area (Å²) in [7, 11) is 1.30. The van der Waals surface area contributed by atoms with Gasteiger partial charge >= 0.3 is 11.9 Å². The number of carboxylic acids is 1. The molecule has 1 heterocycles. The molecule has 0 aliphatic rings. The van der Waals surface area contributed by atoms with E-state index in [2.05, 4.69) is 5.32 Å². The number of methoxy groups -OCH3 is 1. The van der Waals surface area contributed by atoms with Gasteiger partial charge in [0.05, 0.1) is 7.11 Å². The van der Waals surface area contributed by atoms with Crippen molar-refractivity contribution in [3.63, 3.8) is 0 Å². The molecule has 0 atom stereocenters. The van der Waals surface area contributed by atoms with Gasteiger partial charge in [0.25, 0.3) is 0 Å². The number of ether oxygens (including phenoxy) is 1. The largest absolute Gasteiger partial charge is 0.481 e. The number of hydrogen-bond acceptors (Lipinski definition) is 5. The van der Waals surface area contributed by atoms with Crippen molar-refractivity contribution in [2.24, 2.45) is 0 Å². The molecule has 1 aromatic heterocycles. The summed E-state index contributed by atoms with van der Waals surface area (Å²) in [6.07, 6.45) is 0.237. The van der Waals surface area contributed by atoms with E-state index in [0.29, 0.717) is 10.6 Å². The minimum atomic E-state index is -0.943. The number of aryl methyl sites for hydroxylation is 3. The van der Waals surface area contributed by atoms with E-state index in [0.717, 1.165) is 27.1 Å². The predicted octanol–water partition coefficient (Wildman–Crippen LogP) is 4.32. The number of anilines is 1. The summed E-state index contributed by atoms with van der Waals surface area (Å²) in [4.78, 5) is 36.1. The van der Waals surface area contributed by atoms with Crippen molar-refractivity contribution < 1.29 is 24.2 Å². The fourth-order valence-corrected chi connectivity index (χ4v) is 3.84. The zero-order chi connectivity index (χ0) is 20.1. The summed E-state index contributed by atoms with van der Waals surface area (Å²) in [6, 6.07) is 5.95. The molecule has 0 radical (unpaired) electrons. The zero-order valence-electron chi connectivity index (χ0n) is 15.8. The molecule has 0 unspecified atom stereocenters. The van der Waals surface area contributed by atoms with Gasteiger partial charge in [0.15, 0.2) is 0 Å². The first kappa shape index (κ1) is 20.6. The van der Waals surface area contributed by atoms with Crippen LogP contribution in [0.15, 0.2) is 18.2 Å². The first-order chi connectivity index (χ1) is 12.7. The highest BCUT2D eigenvalue weighted by Gasteiger charge is 2.25. The molecular formula is C20H23NO5S. The first-order valence-electron chi connectivity index (χ1n) is 8.55. The number of amides is 1. The summed E-state index contributed by atoms with van der Waals surface area (Å²) in [5, 5.41) is 11.8. The summed E-state index contributed by atoms with van der Waals surface area (Å²) in [5.74, 6) is -1.79. The Balaban J connectivity index is 2.38. The number of carboxylic acid groups (broad SMARTS) is 1. The van der Waals surface area contributed by atoms with E-state index in [9.17, 15) is 14.4 Å². The lowest BCUT2D eigenvalue weighted by Gasteiger charge is -2.09. The summed E-state index contributed by atoms with van der Waals surface area (Å²) in [5.41, 5.74) is 4.22. The minimum absolute atomic E-state index is 0.0723. The number of carbonyl (C=O) groups excluding carboxylic acids is 2. The van der Waals surface area contributed by atoms with Gasteiger partial charge in [-0.25, -0.2) is 4.79 Å². The number of benzene rings is 1. The van der Waals surface area contributed by atoms with Gasteiger partial charge in [0.2, 0.25) is 5.91 Å². The third-order valence-corrected chi connectivity index (χ3v) is 5.34. The van der Waals surface area contributed by atoms with Crippen LogP contribution in [-0.4, -0.2) is 30.1 Å². The van der Waals surface area contributed by atoms with Crippen molar-refractivity contribution >= 4 is 34.2 Å². The lowest BCUT2D eigenvalue weighted by atomic mass is 9.97. The second-order valence-corrected chi connectivity index (χ2v) is 7.55. The second-order valence-electron chi connectivity index (χ2n) is 6.32. The highest BCUT2D eigenvalue weighted by Crippen LogP contribution is 2.40. The molecule has 0 spiro atoms. The molecule has 2 N–H and O–H groups in total. The first-order valence-corrected chi connectivity index (χ1v) is 9.37. The SMILES string of the molecule is COC(=O)c1c(NC(=O)CCCC(=O)O)sc(C)c1-c1ccc(C)c(C)c1. The molecule has 0 saturated heterocycles. The summed E-state index contributed by atoms with van der Waals surface area (Å²) in [6.45, 7) is 5.91. The molecule has 7 heteroatoms. The van der Waals surface area contributed by atoms with Crippen LogP contribution in [0.1, 0.15) is 45.6 Å². The Morgan fingerprint density at radius 2 is 1.81 bits per heavy atom. The Kier molecular flexibility index (Phi) is 6.74. The van der Waals surface area contributed by atoms with Crippen LogP contribution in [0.4, 0.5) is 5.00 Å². The van der Waals surface area contributed by atoms with Crippen molar-refractivity contribution in [2.45, 2.75) is 40.0 Å². The quantitative estimate of drug-likeness (QED) is 0.688. The van der Waals surface area contributed by atoms with E-state index in [-0.39, 0.29) is 25.2 Å². The van der Waals surface area contributed by atoms with E-state index >= 15 is 0 Å². The summed E-state index contributed by atoms with van der Waals surface area (Å²) < 4.78 is 4.94. The molecule has 0 saturated carbocycles. The third-order valence-electron chi connectivity index (χ3n) is 4.32. The number of hydrogen-bond donors (Lipinski definition) is 2. The van der Waals surface area contributed by atoms with Gasteiger partial charge < -0.3 is 15.2 Å². The lowest BCUT2D eigenvalue weighted by molar-refractivity contribution is -0.137. The van der Waals surface area contributed by atoms with Crippen LogP contribution in [0.5, 0.6) is 0 Å². The minimum Gasteiger partial charge on any atom is -0.481 e. The molecule has 0 aliphatic carbocycles. The van der Waals surface area contributed by atoms with Crippen LogP contribution in [0.2, 0.25) is 0 Å². The van der Waals surface area contributed by atoms with Crippen LogP contribution in [0.3, 0.4) is 0 Å². The Morgan fingerprint density at radius 3 is 2.41 bits per heavy atom. The molecule has 27 heavy (non-hydrogen) atoms. The molecule has 1 aromatic carbocycles. The summed E-state index contributed by atoms with van der Waals surface area (Å²) >= 11 is 1.31.